The lowest BCUT2D eigenvalue weighted by atomic mass is 10.2. The Morgan fingerprint density at radius 3 is 2.74 bits per heavy atom. The van der Waals surface area contributed by atoms with Gasteiger partial charge in [-0.2, -0.15) is 19.6 Å². The summed E-state index contributed by atoms with van der Waals surface area (Å²) in [7, 11) is 0. The van der Waals surface area contributed by atoms with Crippen LogP contribution >= 0.6 is 40.4 Å². The maximum absolute atomic E-state index is 5.39. The molecule has 0 bridgehead atoms. The predicted molar refractivity (Wildman–Crippen MR) is 103 cm³/mol. The Kier molecular flexibility index (Phi) is 4.94. The van der Waals surface area contributed by atoms with Gasteiger partial charge in [-0.1, -0.05) is 34.2 Å². The summed E-state index contributed by atoms with van der Waals surface area (Å²) < 4.78 is 4.43. The zero-order chi connectivity index (χ0) is 16.2. The van der Waals surface area contributed by atoms with Crippen LogP contribution in [0.15, 0.2) is 64.5 Å². The van der Waals surface area contributed by atoms with E-state index >= 15 is 0 Å². The van der Waals surface area contributed by atoms with Crippen LogP contribution in [0.25, 0.3) is 0 Å². The molecule has 0 unspecified atom stereocenters. The molecule has 8 heteroatoms. The molecule has 1 heterocycles. The largest absolute Gasteiger partial charge is 0.331 e. The van der Waals surface area contributed by atoms with Gasteiger partial charge in [0.05, 0.1) is 5.71 Å². The average Bonchev–Trinajstić information content (AvgIpc) is 2.92. The highest BCUT2D eigenvalue weighted by Crippen LogP contribution is 2.14. The second kappa shape index (κ2) is 7.12. The van der Waals surface area contributed by atoms with Crippen LogP contribution < -0.4 is 5.32 Å². The van der Waals surface area contributed by atoms with E-state index in [-0.39, 0.29) is 0 Å². The zero-order valence-electron chi connectivity index (χ0n) is 11.9. The van der Waals surface area contributed by atoms with Crippen molar-refractivity contribution in [3.8, 4) is 0 Å². The van der Waals surface area contributed by atoms with Crippen molar-refractivity contribution in [2.75, 3.05) is 5.32 Å². The number of rotatable bonds is 2. The Labute approximate surface area is 152 Å². The highest BCUT2D eigenvalue weighted by atomic mass is 79.9. The summed E-state index contributed by atoms with van der Waals surface area (Å²) in [5.41, 5.74) is 1.77. The van der Waals surface area contributed by atoms with Crippen LogP contribution in [0.4, 0.5) is 5.69 Å². The minimum absolute atomic E-state index is 0.398. The molecular weight excluding hydrogens is 394 g/mol. The molecule has 5 nitrogen and oxygen atoms in total. The van der Waals surface area contributed by atoms with Crippen LogP contribution in [-0.2, 0) is 0 Å². The first kappa shape index (κ1) is 16.0. The van der Waals surface area contributed by atoms with Gasteiger partial charge in [0, 0.05) is 16.6 Å². The fourth-order valence-corrected chi connectivity index (χ4v) is 2.73. The molecule has 1 aliphatic carbocycles. The lowest BCUT2D eigenvalue weighted by Gasteiger charge is -2.07. The monoisotopic (exact) mass is 405 g/mol. The fourth-order valence-electron chi connectivity index (χ4n) is 1.93. The Morgan fingerprint density at radius 2 is 2.04 bits per heavy atom. The molecule has 0 radical (unpaired) electrons. The van der Waals surface area contributed by atoms with Crippen LogP contribution in [0.3, 0.4) is 0 Å². The van der Waals surface area contributed by atoms with Gasteiger partial charge in [-0.25, -0.2) is 0 Å². The highest BCUT2D eigenvalue weighted by Gasteiger charge is 2.07. The number of thiocarbonyl (C=S) groups is 1. The molecule has 116 valence electrons. The summed E-state index contributed by atoms with van der Waals surface area (Å²) in [6, 6.07) is 7.68. The van der Waals surface area contributed by atoms with Gasteiger partial charge in [-0.3, -0.25) is 0 Å². The first-order valence-electron chi connectivity index (χ1n) is 6.78. The quantitative estimate of drug-likeness (QED) is 0.762. The smallest absolute Gasteiger partial charge is 0.225 e. The lowest BCUT2D eigenvalue weighted by Crippen LogP contribution is -2.20. The first-order valence-corrected chi connectivity index (χ1v) is 8.39. The minimum Gasteiger partial charge on any atom is -0.331 e. The third kappa shape index (κ3) is 3.90. The van der Waals surface area contributed by atoms with Gasteiger partial charge in [-0.15, -0.1) is 0 Å². The second-order valence-corrected chi connectivity index (χ2v) is 6.36. The van der Waals surface area contributed by atoms with E-state index < -0.39 is 0 Å². The van der Waals surface area contributed by atoms with Crippen molar-refractivity contribution in [3.63, 3.8) is 0 Å². The molecule has 2 aromatic rings. The standard InChI is InChI=1S/C15H12BrN5S2/c16-11-6-8-12(9-7-11)18-14(22)21-15(23)20(10-17-21)19-13-4-2-1-3-5-13/h1-4,6-10H,5H2,(H,18,22). The third-order valence-electron chi connectivity index (χ3n) is 3.04. The van der Waals surface area contributed by atoms with E-state index in [9.17, 15) is 0 Å². The van der Waals surface area contributed by atoms with Crippen molar-refractivity contribution in [1.29, 1.82) is 0 Å². The van der Waals surface area contributed by atoms with Crippen molar-refractivity contribution < 1.29 is 0 Å². The normalized spacial score (nSPS) is 15.1. The topological polar surface area (TPSA) is 47.1 Å². The summed E-state index contributed by atoms with van der Waals surface area (Å²) in [6.45, 7) is 0. The van der Waals surface area contributed by atoms with E-state index in [1.54, 1.807) is 11.0 Å². The number of hydrogen-bond acceptors (Lipinski definition) is 4. The highest BCUT2D eigenvalue weighted by molar-refractivity contribution is 9.10. The van der Waals surface area contributed by atoms with Crippen LogP contribution in [-0.4, -0.2) is 25.3 Å². The SMILES string of the molecule is S=C(Nc1ccc(Br)cc1)n1ncn(N=C2C=CC=CC2)c1=S. The predicted octanol–water partition coefficient (Wildman–Crippen LogP) is 4.14. The number of nitrogens with zero attached hydrogens (tertiary/aromatic N) is 4. The minimum atomic E-state index is 0.398. The molecular formula is C15H12BrN5S2. The number of halogens is 1. The van der Waals surface area contributed by atoms with Crippen molar-refractivity contribution in [3.05, 3.63) is 64.1 Å². The first-order chi connectivity index (χ1) is 11.1. The Balaban J connectivity index is 1.80. The molecule has 0 aliphatic heterocycles. The number of benzene rings is 1. The summed E-state index contributed by atoms with van der Waals surface area (Å²) in [6.07, 6.45) is 10.2. The van der Waals surface area contributed by atoms with Gasteiger partial charge < -0.3 is 5.32 Å². The van der Waals surface area contributed by atoms with Crippen LogP contribution in [0.5, 0.6) is 0 Å². The Morgan fingerprint density at radius 1 is 1.26 bits per heavy atom. The van der Waals surface area contributed by atoms with Crippen molar-refractivity contribution in [2.24, 2.45) is 5.10 Å². The van der Waals surface area contributed by atoms with Gasteiger partial charge >= 0.3 is 0 Å². The van der Waals surface area contributed by atoms with Gasteiger partial charge in [0.1, 0.15) is 6.33 Å². The molecule has 0 saturated heterocycles. The summed E-state index contributed by atoms with van der Waals surface area (Å²) in [5.74, 6) is 0. The number of anilines is 1. The number of aromatic nitrogens is 3. The van der Waals surface area contributed by atoms with E-state index in [1.807, 2.05) is 48.6 Å². The molecule has 0 amide bonds. The Bertz CT molecular complexity index is 874. The molecule has 1 aliphatic rings. The Hall–Kier alpha value is -1.90. The van der Waals surface area contributed by atoms with E-state index in [1.165, 1.54) is 4.68 Å². The summed E-state index contributed by atoms with van der Waals surface area (Å²) >= 11 is 14.1. The van der Waals surface area contributed by atoms with Crippen molar-refractivity contribution in [2.45, 2.75) is 6.42 Å². The number of hydrogen-bond donors (Lipinski definition) is 1. The number of allylic oxidation sites excluding steroid dienone is 4. The molecule has 1 N–H and O–H groups in total. The van der Waals surface area contributed by atoms with Crippen LogP contribution in [0, 0.1) is 4.77 Å². The second-order valence-electron chi connectivity index (χ2n) is 4.69. The average molecular weight is 406 g/mol. The van der Waals surface area contributed by atoms with Gasteiger partial charge in [0.15, 0.2) is 0 Å². The molecule has 0 fully saturated rings. The third-order valence-corrected chi connectivity index (χ3v) is 4.20. The van der Waals surface area contributed by atoms with E-state index in [0.29, 0.717) is 9.88 Å². The van der Waals surface area contributed by atoms with Crippen molar-refractivity contribution >= 4 is 56.9 Å². The van der Waals surface area contributed by atoms with E-state index in [4.69, 9.17) is 24.4 Å². The molecule has 1 aromatic carbocycles. The van der Waals surface area contributed by atoms with Gasteiger partial charge in [0.25, 0.3) is 0 Å². The van der Waals surface area contributed by atoms with Crippen molar-refractivity contribution in [1.82, 2.24) is 14.5 Å². The summed E-state index contributed by atoms with van der Waals surface area (Å²) in [5, 5.41) is 12.2. The van der Waals surface area contributed by atoms with E-state index in [2.05, 4.69) is 31.4 Å². The number of nitrogens with one attached hydrogen (secondary N) is 1. The summed E-state index contributed by atoms with van der Waals surface area (Å²) in [4.78, 5) is 0. The van der Waals surface area contributed by atoms with Gasteiger partial charge in [-0.05, 0) is 54.8 Å². The maximum atomic E-state index is 5.39. The molecule has 23 heavy (non-hydrogen) atoms. The molecule has 0 spiro atoms. The van der Waals surface area contributed by atoms with Crippen LogP contribution in [0.1, 0.15) is 6.42 Å². The molecule has 1 aromatic heterocycles. The van der Waals surface area contributed by atoms with Crippen LogP contribution in [0.2, 0.25) is 0 Å². The molecule has 3 rings (SSSR count). The lowest BCUT2D eigenvalue weighted by molar-refractivity contribution is 0.840. The zero-order valence-corrected chi connectivity index (χ0v) is 15.1. The van der Waals surface area contributed by atoms with Gasteiger partial charge in [0.2, 0.25) is 9.88 Å². The molecule has 0 atom stereocenters. The van der Waals surface area contributed by atoms with E-state index in [0.717, 1.165) is 22.3 Å². The molecule has 0 saturated carbocycles. The fraction of sp³-hybridized carbons (Fsp3) is 0.0667. The maximum Gasteiger partial charge on any atom is 0.225 e.